The van der Waals surface area contributed by atoms with Crippen molar-refractivity contribution in [2.24, 2.45) is 5.73 Å². The molecule has 0 aliphatic rings. The van der Waals surface area contributed by atoms with E-state index in [0.717, 1.165) is 0 Å². The first kappa shape index (κ1) is 16.2. The Morgan fingerprint density at radius 1 is 1.37 bits per heavy atom. The minimum Gasteiger partial charge on any atom is -0.459 e. The molecular weight excluding hydrogens is 287 g/mol. The maximum atomic E-state index is 12.3. The molecule has 0 saturated carbocycles. The Bertz CT molecular complexity index is 486. The van der Waals surface area contributed by atoms with Crippen LogP contribution in [0.25, 0.3) is 0 Å². The summed E-state index contributed by atoms with van der Waals surface area (Å²) < 4.78 is 5.40. The van der Waals surface area contributed by atoms with Gasteiger partial charge in [0.1, 0.15) is 16.2 Å². The monoisotopic (exact) mass is 304 g/mol. The highest BCUT2D eigenvalue weighted by Crippen LogP contribution is 2.30. The summed E-state index contributed by atoms with van der Waals surface area (Å²) >= 11 is 11.7. The topological polar surface area (TPSA) is 65.2 Å². The normalized spacial score (nSPS) is 14.9. The second kappa shape index (κ2) is 5.65. The second-order valence-corrected chi connectivity index (χ2v) is 6.30. The van der Waals surface area contributed by atoms with E-state index < -0.39 is 17.0 Å². The number of carbonyl (C=O) groups is 1. The molecule has 0 aliphatic carbocycles. The highest BCUT2D eigenvalue weighted by molar-refractivity contribution is 6.41. The van der Waals surface area contributed by atoms with Crippen LogP contribution >= 0.6 is 23.2 Å². The summed E-state index contributed by atoms with van der Waals surface area (Å²) in [6, 6.07) is 1.59. The van der Waals surface area contributed by atoms with Gasteiger partial charge in [0.15, 0.2) is 0 Å². The number of nitrogens with two attached hydrogens (primary N) is 1. The summed E-state index contributed by atoms with van der Waals surface area (Å²) in [7, 11) is 0. The van der Waals surface area contributed by atoms with Crippen molar-refractivity contribution in [3.63, 3.8) is 0 Å². The van der Waals surface area contributed by atoms with E-state index in [4.69, 9.17) is 33.7 Å². The van der Waals surface area contributed by atoms with Crippen molar-refractivity contribution in [2.75, 3.05) is 6.54 Å². The Morgan fingerprint density at radius 3 is 2.37 bits per heavy atom. The molecule has 0 aromatic carbocycles. The third-order valence-corrected chi connectivity index (χ3v) is 3.38. The predicted octanol–water partition coefficient (Wildman–Crippen LogP) is 2.95. The van der Waals surface area contributed by atoms with Crippen LogP contribution in [0.2, 0.25) is 10.2 Å². The van der Waals surface area contributed by atoms with E-state index in [0.29, 0.717) is 5.56 Å². The minimum absolute atomic E-state index is 0.0849. The lowest BCUT2D eigenvalue weighted by atomic mass is 9.83. The van der Waals surface area contributed by atoms with Crippen LogP contribution in [-0.2, 0) is 14.9 Å². The molecule has 0 fully saturated rings. The smallest absolute Gasteiger partial charge is 0.318 e. The second-order valence-electron chi connectivity index (χ2n) is 5.53. The molecule has 0 saturated heterocycles. The average Bonchev–Trinajstić information content (AvgIpc) is 2.29. The zero-order valence-electron chi connectivity index (χ0n) is 11.5. The fourth-order valence-corrected chi connectivity index (χ4v) is 1.70. The van der Waals surface area contributed by atoms with Gasteiger partial charge in [-0.3, -0.25) is 4.79 Å². The van der Waals surface area contributed by atoms with Gasteiger partial charge in [-0.05, 0) is 39.3 Å². The summed E-state index contributed by atoms with van der Waals surface area (Å²) in [6.45, 7) is 7.18. The van der Waals surface area contributed by atoms with Gasteiger partial charge in [0, 0.05) is 12.7 Å². The molecule has 0 radical (unpaired) electrons. The van der Waals surface area contributed by atoms with Crippen LogP contribution in [0.5, 0.6) is 0 Å². The van der Waals surface area contributed by atoms with Crippen molar-refractivity contribution < 1.29 is 9.53 Å². The number of hydrogen-bond acceptors (Lipinski definition) is 4. The highest BCUT2D eigenvalue weighted by Gasteiger charge is 2.38. The van der Waals surface area contributed by atoms with Gasteiger partial charge >= 0.3 is 5.97 Å². The molecule has 19 heavy (non-hydrogen) atoms. The Kier molecular flexibility index (Phi) is 4.82. The van der Waals surface area contributed by atoms with Gasteiger partial charge in [0.25, 0.3) is 0 Å². The van der Waals surface area contributed by atoms with E-state index in [2.05, 4.69) is 4.98 Å². The molecule has 6 heteroatoms. The minimum atomic E-state index is -1.01. The maximum Gasteiger partial charge on any atom is 0.318 e. The SMILES string of the molecule is CC(C)(C)OC(=O)C(C)(CN)c1cnc(Cl)c(Cl)c1. The molecule has 1 unspecified atom stereocenters. The number of hydrogen-bond donors (Lipinski definition) is 1. The van der Waals surface area contributed by atoms with E-state index in [1.54, 1.807) is 33.8 Å². The maximum absolute atomic E-state index is 12.3. The van der Waals surface area contributed by atoms with Crippen molar-refractivity contribution >= 4 is 29.2 Å². The Morgan fingerprint density at radius 2 is 1.95 bits per heavy atom. The molecule has 0 spiro atoms. The van der Waals surface area contributed by atoms with Crippen LogP contribution in [0.1, 0.15) is 33.3 Å². The molecule has 0 bridgehead atoms. The number of esters is 1. The zero-order chi connectivity index (χ0) is 14.8. The quantitative estimate of drug-likeness (QED) is 0.689. The summed E-state index contributed by atoms with van der Waals surface area (Å²) in [5.41, 5.74) is 4.73. The van der Waals surface area contributed by atoms with Gasteiger partial charge in [-0.2, -0.15) is 0 Å². The molecule has 1 aromatic rings. The average molecular weight is 305 g/mol. The molecule has 106 valence electrons. The van der Waals surface area contributed by atoms with E-state index in [-0.39, 0.29) is 16.7 Å². The largest absolute Gasteiger partial charge is 0.459 e. The lowest BCUT2D eigenvalue weighted by molar-refractivity contribution is -0.161. The van der Waals surface area contributed by atoms with E-state index in [1.165, 1.54) is 6.20 Å². The molecule has 2 N–H and O–H groups in total. The molecule has 1 aromatic heterocycles. The van der Waals surface area contributed by atoms with Crippen LogP contribution in [0.4, 0.5) is 0 Å². The van der Waals surface area contributed by atoms with Crippen molar-refractivity contribution in [1.29, 1.82) is 0 Å². The molecular formula is C13H18Cl2N2O2. The Hall–Kier alpha value is -0.840. The van der Waals surface area contributed by atoms with Crippen molar-refractivity contribution in [1.82, 2.24) is 4.98 Å². The molecule has 4 nitrogen and oxygen atoms in total. The van der Waals surface area contributed by atoms with Crippen LogP contribution in [0, 0.1) is 0 Å². The number of halogens is 2. The van der Waals surface area contributed by atoms with Crippen LogP contribution < -0.4 is 5.73 Å². The molecule has 1 heterocycles. The van der Waals surface area contributed by atoms with E-state index >= 15 is 0 Å². The number of ether oxygens (including phenoxy) is 1. The predicted molar refractivity (Wildman–Crippen MR) is 76.5 cm³/mol. The van der Waals surface area contributed by atoms with Crippen LogP contribution in [0.15, 0.2) is 12.3 Å². The number of nitrogens with zero attached hydrogens (tertiary/aromatic N) is 1. The van der Waals surface area contributed by atoms with Gasteiger partial charge in [0.2, 0.25) is 0 Å². The number of pyridine rings is 1. The first-order chi connectivity index (χ1) is 8.60. The van der Waals surface area contributed by atoms with E-state index in [1.807, 2.05) is 0 Å². The Labute approximate surface area is 123 Å². The lowest BCUT2D eigenvalue weighted by Crippen LogP contribution is -2.44. The highest BCUT2D eigenvalue weighted by atomic mass is 35.5. The van der Waals surface area contributed by atoms with Gasteiger partial charge in [-0.15, -0.1) is 0 Å². The fraction of sp³-hybridized carbons (Fsp3) is 0.538. The lowest BCUT2D eigenvalue weighted by Gasteiger charge is -2.30. The molecule has 1 rings (SSSR count). The zero-order valence-corrected chi connectivity index (χ0v) is 13.0. The van der Waals surface area contributed by atoms with Gasteiger partial charge in [-0.25, -0.2) is 4.98 Å². The van der Waals surface area contributed by atoms with Crippen molar-refractivity contribution in [3.8, 4) is 0 Å². The molecule has 0 aliphatic heterocycles. The fourth-order valence-electron chi connectivity index (χ4n) is 1.43. The third kappa shape index (κ3) is 3.81. The van der Waals surface area contributed by atoms with Gasteiger partial charge in [0.05, 0.1) is 5.02 Å². The molecule has 0 amide bonds. The number of carbonyl (C=O) groups excluding carboxylic acids is 1. The molecule has 1 atom stereocenters. The van der Waals surface area contributed by atoms with E-state index in [9.17, 15) is 4.79 Å². The Balaban J connectivity index is 3.15. The summed E-state index contributed by atoms with van der Waals surface area (Å²) in [5.74, 6) is -0.414. The number of aromatic nitrogens is 1. The first-order valence-corrected chi connectivity index (χ1v) is 6.61. The summed E-state index contributed by atoms with van der Waals surface area (Å²) in [5, 5.41) is 0.469. The first-order valence-electron chi connectivity index (χ1n) is 5.85. The van der Waals surface area contributed by atoms with Gasteiger partial charge in [-0.1, -0.05) is 23.2 Å². The standard InChI is InChI=1S/C13H18Cl2N2O2/c1-12(2,3)19-11(18)13(4,7-16)8-5-9(14)10(15)17-6-8/h5-6H,7,16H2,1-4H3. The van der Waals surface area contributed by atoms with Crippen molar-refractivity contribution in [3.05, 3.63) is 28.0 Å². The summed E-state index contributed by atoms with van der Waals surface area (Å²) in [6.07, 6.45) is 1.49. The number of rotatable bonds is 3. The van der Waals surface area contributed by atoms with Gasteiger partial charge < -0.3 is 10.5 Å². The third-order valence-electron chi connectivity index (χ3n) is 2.69. The van der Waals surface area contributed by atoms with Crippen molar-refractivity contribution in [2.45, 2.75) is 38.7 Å². The van der Waals surface area contributed by atoms with Crippen LogP contribution in [-0.4, -0.2) is 23.1 Å². The summed E-state index contributed by atoms with van der Waals surface area (Å²) in [4.78, 5) is 16.2. The van der Waals surface area contributed by atoms with Crippen LogP contribution in [0.3, 0.4) is 0 Å².